The number of aliphatic imine (C=N–C) groups is 2. The highest BCUT2D eigenvalue weighted by molar-refractivity contribution is 6.41. The molecule has 1 aromatic carbocycles. The first-order valence-corrected chi connectivity index (χ1v) is 11.3. The lowest BCUT2D eigenvalue weighted by Crippen LogP contribution is -2.49. The Hall–Kier alpha value is -3.04. The fourth-order valence-electron chi connectivity index (χ4n) is 6.61. The number of benzene rings is 1. The van der Waals surface area contributed by atoms with Gasteiger partial charge in [0.25, 0.3) is 0 Å². The van der Waals surface area contributed by atoms with Crippen molar-refractivity contribution in [1.29, 1.82) is 5.26 Å². The van der Waals surface area contributed by atoms with Crippen molar-refractivity contribution in [3.05, 3.63) is 53.3 Å². The van der Waals surface area contributed by atoms with Crippen LogP contribution in [0, 0.1) is 28.6 Å². The van der Waals surface area contributed by atoms with Gasteiger partial charge in [0.15, 0.2) is 5.66 Å². The van der Waals surface area contributed by atoms with E-state index in [4.69, 9.17) is 20.5 Å². The van der Waals surface area contributed by atoms with Gasteiger partial charge in [0.05, 0.1) is 17.4 Å². The molecule has 0 saturated heterocycles. The lowest BCUT2D eigenvalue weighted by atomic mass is 9.59. The molecule has 2 unspecified atom stereocenters. The normalized spacial score (nSPS) is 33.2. The third kappa shape index (κ3) is 2.84. The van der Waals surface area contributed by atoms with E-state index in [1.807, 2.05) is 20.1 Å². The second-order valence-electron chi connectivity index (χ2n) is 9.83. The number of fused-ring (bicyclic) bond motifs is 3. The zero-order chi connectivity index (χ0) is 22.7. The van der Waals surface area contributed by atoms with Crippen molar-refractivity contribution in [3.8, 4) is 17.2 Å². The molecule has 1 saturated carbocycles. The summed E-state index contributed by atoms with van der Waals surface area (Å²) >= 11 is 0. The van der Waals surface area contributed by atoms with Crippen LogP contribution in [-0.4, -0.2) is 29.7 Å². The Morgan fingerprint density at radius 1 is 1.09 bits per heavy atom. The van der Waals surface area contributed by atoms with Gasteiger partial charge < -0.3 is 10.5 Å². The highest BCUT2D eigenvalue weighted by Crippen LogP contribution is 2.63. The molecule has 6 heteroatoms. The molecule has 5 atom stereocenters. The number of hydrogen-bond acceptors (Lipinski definition) is 6. The maximum atomic E-state index is 9.30. The van der Waals surface area contributed by atoms with Crippen LogP contribution in [0.4, 0.5) is 0 Å². The Morgan fingerprint density at radius 3 is 2.47 bits per heavy atom. The average molecular weight is 428 g/mol. The molecule has 2 spiro atoms. The van der Waals surface area contributed by atoms with Gasteiger partial charge in [-0.1, -0.05) is 26.0 Å². The minimum atomic E-state index is -0.700. The second-order valence-corrected chi connectivity index (χ2v) is 9.83. The standard InChI is InChI=1S/C26H29N5O/c1-15-9-25(10-16(2)23(15)32-4)11-20-6-5-19(21-7-18(12-27)13-29-14-21)8-22(20)26(25)30-17(3)24(28)31-26/h5-8,13-16,23H,9-11H2,1-4H3,(H2,28,31)/t15-,16+,23?,25?,26-/m0/s1. The molecule has 0 bridgehead atoms. The number of nitrogens with zero attached hydrogens (tertiary/aromatic N) is 4. The van der Waals surface area contributed by atoms with Crippen LogP contribution in [0.1, 0.15) is 50.3 Å². The van der Waals surface area contributed by atoms with Gasteiger partial charge in [-0.25, -0.2) is 4.99 Å². The smallest absolute Gasteiger partial charge is 0.184 e. The van der Waals surface area contributed by atoms with Gasteiger partial charge in [-0.3, -0.25) is 9.98 Å². The van der Waals surface area contributed by atoms with Crippen LogP contribution in [0.25, 0.3) is 11.1 Å². The summed E-state index contributed by atoms with van der Waals surface area (Å²) in [5, 5.41) is 9.30. The summed E-state index contributed by atoms with van der Waals surface area (Å²) in [5.74, 6) is 1.34. The van der Waals surface area contributed by atoms with Crippen LogP contribution in [0.2, 0.25) is 0 Å². The predicted octanol–water partition coefficient (Wildman–Crippen LogP) is 4.23. The number of amidine groups is 1. The molecule has 0 amide bonds. The molecule has 0 radical (unpaired) electrons. The fraction of sp³-hybridized carbons (Fsp3) is 0.462. The lowest BCUT2D eigenvalue weighted by Gasteiger charge is -2.49. The topological polar surface area (TPSA) is 96.6 Å². The van der Waals surface area contributed by atoms with E-state index >= 15 is 0 Å². The van der Waals surface area contributed by atoms with Crippen molar-refractivity contribution in [2.75, 3.05) is 7.11 Å². The molecule has 1 aromatic heterocycles. The zero-order valence-corrected chi connectivity index (χ0v) is 19.1. The van der Waals surface area contributed by atoms with E-state index in [2.05, 4.69) is 43.1 Å². The van der Waals surface area contributed by atoms with Crippen LogP contribution < -0.4 is 5.73 Å². The van der Waals surface area contributed by atoms with E-state index in [1.165, 1.54) is 5.56 Å². The summed E-state index contributed by atoms with van der Waals surface area (Å²) in [5.41, 5.74) is 11.2. The summed E-state index contributed by atoms with van der Waals surface area (Å²) in [6.45, 7) is 6.52. The van der Waals surface area contributed by atoms with E-state index in [1.54, 1.807) is 12.4 Å². The molecule has 2 aromatic rings. The molecule has 2 heterocycles. The van der Waals surface area contributed by atoms with Crippen LogP contribution in [-0.2, 0) is 16.8 Å². The molecule has 6 nitrogen and oxygen atoms in total. The molecule has 2 aliphatic carbocycles. The van der Waals surface area contributed by atoms with Crippen LogP contribution in [0.3, 0.4) is 0 Å². The Labute approximate surface area is 189 Å². The minimum Gasteiger partial charge on any atom is -0.382 e. The first kappa shape index (κ1) is 20.8. The summed E-state index contributed by atoms with van der Waals surface area (Å²) in [6.07, 6.45) is 6.52. The van der Waals surface area contributed by atoms with Crippen LogP contribution in [0.15, 0.2) is 46.6 Å². The molecule has 1 aliphatic heterocycles. The third-order valence-electron chi connectivity index (χ3n) is 7.76. The monoisotopic (exact) mass is 427 g/mol. The van der Waals surface area contributed by atoms with Gasteiger partial charge in [0.2, 0.25) is 0 Å². The van der Waals surface area contributed by atoms with Gasteiger partial charge in [0, 0.05) is 36.0 Å². The molecular weight excluding hydrogens is 398 g/mol. The van der Waals surface area contributed by atoms with Crippen molar-refractivity contribution >= 4 is 11.5 Å². The molecule has 5 rings (SSSR count). The largest absolute Gasteiger partial charge is 0.382 e. The first-order valence-electron chi connectivity index (χ1n) is 11.3. The van der Waals surface area contributed by atoms with Crippen molar-refractivity contribution < 1.29 is 4.74 Å². The predicted molar refractivity (Wildman–Crippen MR) is 125 cm³/mol. The van der Waals surface area contributed by atoms with E-state index < -0.39 is 5.66 Å². The number of pyridine rings is 1. The maximum absolute atomic E-state index is 9.30. The second kappa shape index (κ2) is 7.25. The van der Waals surface area contributed by atoms with E-state index in [-0.39, 0.29) is 11.5 Å². The van der Waals surface area contributed by atoms with Crippen LogP contribution >= 0.6 is 0 Å². The first-order chi connectivity index (χ1) is 15.3. The minimum absolute atomic E-state index is 0.128. The number of nitriles is 1. The lowest BCUT2D eigenvalue weighted by molar-refractivity contribution is -0.0729. The molecule has 3 aliphatic rings. The molecule has 2 N–H and O–H groups in total. The van der Waals surface area contributed by atoms with Gasteiger partial charge in [-0.2, -0.15) is 5.26 Å². The van der Waals surface area contributed by atoms with Gasteiger partial charge in [-0.15, -0.1) is 0 Å². The number of methoxy groups -OCH3 is 1. The highest BCUT2D eigenvalue weighted by Gasteiger charge is 2.62. The number of hydrogen-bond donors (Lipinski definition) is 1. The maximum Gasteiger partial charge on any atom is 0.184 e. The van der Waals surface area contributed by atoms with Crippen LogP contribution in [0.5, 0.6) is 0 Å². The number of aromatic nitrogens is 1. The summed E-state index contributed by atoms with van der Waals surface area (Å²) in [6, 6.07) is 10.6. The Kier molecular flexibility index (Phi) is 4.72. The summed E-state index contributed by atoms with van der Waals surface area (Å²) in [4.78, 5) is 14.5. The van der Waals surface area contributed by atoms with Crippen molar-refractivity contribution in [2.24, 2.45) is 33.0 Å². The quantitative estimate of drug-likeness (QED) is 0.776. The zero-order valence-electron chi connectivity index (χ0n) is 19.1. The molecule has 32 heavy (non-hydrogen) atoms. The van der Waals surface area contributed by atoms with Crippen molar-refractivity contribution in [2.45, 2.75) is 51.8 Å². The van der Waals surface area contributed by atoms with Crippen molar-refractivity contribution in [1.82, 2.24) is 4.98 Å². The summed E-state index contributed by atoms with van der Waals surface area (Å²) in [7, 11) is 1.82. The Balaban J connectivity index is 1.67. The number of nitrogens with two attached hydrogens (primary N) is 1. The van der Waals surface area contributed by atoms with Gasteiger partial charge >= 0.3 is 0 Å². The fourth-order valence-corrected chi connectivity index (χ4v) is 6.61. The highest BCUT2D eigenvalue weighted by atomic mass is 16.5. The van der Waals surface area contributed by atoms with Gasteiger partial charge in [-0.05, 0) is 61.3 Å². The van der Waals surface area contributed by atoms with E-state index in [0.717, 1.165) is 41.7 Å². The van der Waals surface area contributed by atoms with E-state index in [0.29, 0.717) is 23.2 Å². The molecule has 164 valence electrons. The summed E-state index contributed by atoms with van der Waals surface area (Å²) < 4.78 is 5.86. The number of rotatable bonds is 2. The molecule has 1 fully saturated rings. The SMILES string of the molecule is COC1[C@H](C)CC2(Cc3ccc(-c4cncc(C#N)c4)cc3[C@@]23N=C(C)C(N)=N3)C[C@@H]1C. The van der Waals surface area contributed by atoms with E-state index in [9.17, 15) is 5.26 Å². The molecular formula is C26H29N5O. The Bertz CT molecular complexity index is 1160. The average Bonchev–Trinajstić information content (AvgIpc) is 3.21. The Morgan fingerprint density at radius 2 is 1.84 bits per heavy atom. The third-order valence-corrected chi connectivity index (χ3v) is 7.76. The number of ether oxygens (including phenoxy) is 1. The van der Waals surface area contributed by atoms with Gasteiger partial charge in [0.1, 0.15) is 11.9 Å². The van der Waals surface area contributed by atoms with Crippen molar-refractivity contribution in [3.63, 3.8) is 0 Å².